The van der Waals surface area contributed by atoms with Crippen LogP contribution in [-0.2, 0) is 5.85 Å². The lowest BCUT2D eigenvalue weighted by Gasteiger charge is -2.24. The van der Waals surface area contributed by atoms with Crippen LogP contribution in [0.25, 0.3) is 0 Å². The van der Waals surface area contributed by atoms with Crippen molar-refractivity contribution in [2.24, 2.45) is 17.2 Å². The van der Waals surface area contributed by atoms with Crippen molar-refractivity contribution in [2.45, 2.75) is 5.85 Å². The summed E-state index contributed by atoms with van der Waals surface area (Å²) in [6.45, 7) is 1.09. The third-order valence-electron chi connectivity index (χ3n) is 3.94. The number of nitro groups is 2. The summed E-state index contributed by atoms with van der Waals surface area (Å²) < 4.78 is 5.55. The Kier molecular flexibility index (Phi) is 7.25. The van der Waals surface area contributed by atoms with Crippen LogP contribution in [0.2, 0.25) is 0 Å². The first kappa shape index (κ1) is 21.8. The molecule has 0 radical (unpaired) electrons. The van der Waals surface area contributed by atoms with Gasteiger partial charge in [0.2, 0.25) is 0 Å². The minimum Gasteiger partial charge on any atom is -0.409 e. The van der Waals surface area contributed by atoms with Crippen LogP contribution < -0.4 is 32.6 Å². The second-order valence-corrected chi connectivity index (χ2v) is 5.98. The van der Waals surface area contributed by atoms with Gasteiger partial charge >= 0.3 is 5.85 Å². The molecule has 0 aliphatic carbocycles. The second-order valence-electron chi connectivity index (χ2n) is 5.98. The second kappa shape index (κ2) is 9.64. The zero-order valence-corrected chi connectivity index (χ0v) is 15.5. The summed E-state index contributed by atoms with van der Waals surface area (Å²) in [6.07, 6.45) is 0. The summed E-state index contributed by atoms with van der Waals surface area (Å²) in [5, 5.41) is 29.0. The third-order valence-corrected chi connectivity index (χ3v) is 3.94. The minimum atomic E-state index is -2.46. The third kappa shape index (κ3) is 5.07. The summed E-state index contributed by atoms with van der Waals surface area (Å²) in [6, 6.07) is 10.2. The van der Waals surface area contributed by atoms with Crippen LogP contribution in [0.15, 0.2) is 42.5 Å². The van der Waals surface area contributed by atoms with Gasteiger partial charge in [0.25, 0.3) is 5.69 Å². The zero-order valence-electron chi connectivity index (χ0n) is 15.5. The van der Waals surface area contributed by atoms with Crippen LogP contribution >= 0.6 is 0 Å². The van der Waals surface area contributed by atoms with Crippen molar-refractivity contribution in [3.8, 4) is 5.75 Å². The fourth-order valence-corrected chi connectivity index (χ4v) is 2.54. The van der Waals surface area contributed by atoms with Crippen LogP contribution in [0.3, 0.4) is 0 Å². The molecule has 156 valence electrons. The lowest BCUT2D eigenvalue weighted by Crippen LogP contribution is -2.50. The molecule has 2 rings (SSSR count). The minimum absolute atomic E-state index is 0.0720. The van der Waals surface area contributed by atoms with E-state index < -0.39 is 15.7 Å². The molecule has 0 amide bonds. The van der Waals surface area contributed by atoms with Gasteiger partial charge in [-0.1, -0.05) is 18.2 Å². The molecule has 8 N–H and O–H groups in total. The van der Waals surface area contributed by atoms with Gasteiger partial charge in [0.05, 0.1) is 27.2 Å². The maximum Gasteiger partial charge on any atom is 0.451 e. The topological polar surface area (TPSA) is 198 Å². The number of nitro benzene ring substituents is 1. The number of nitrogens with two attached hydrogens (primary N) is 3. The van der Waals surface area contributed by atoms with Crippen LogP contribution in [0.1, 0.15) is 5.56 Å². The molecular formula is C17H23N7O5. The van der Waals surface area contributed by atoms with Crippen molar-refractivity contribution >= 4 is 17.1 Å². The Morgan fingerprint density at radius 2 is 1.55 bits per heavy atom. The first-order valence-corrected chi connectivity index (χ1v) is 8.71. The number of benzene rings is 2. The molecule has 12 heteroatoms. The molecular weight excluding hydrogens is 382 g/mol. The van der Waals surface area contributed by atoms with E-state index in [1.165, 1.54) is 18.2 Å². The van der Waals surface area contributed by atoms with E-state index in [1.54, 1.807) is 18.2 Å². The van der Waals surface area contributed by atoms with Crippen LogP contribution in [-0.4, -0.2) is 36.0 Å². The summed E-state index contributed by atoms with van der Waals surface area (Å²) >= 11 is 0. The number of rotatable bonds is 11. The van der Waals surface area contributed by atoms with Crippen molar-refractivity contribution in [3.05, 3.63) is 68.3 Å². The predicted octanol–water partition coefficient (Wildman–Crippen LogP) is 0.761. The molecule has 1 atom stereocenters. The van der Waals surface area contributed by atoms with Gasteiger partial charge in [-0.15, -0.1) is 0 Å². The van der Waals surface area contributed by atoms with Crippen molar-refractivity contribution in [1.82, 2.24) is 0 Å². The number of ether oxygens (including phenoxy) is 1. The molecule has 0 aromatic heterocycles. The largest absolute Gasteiger partial charge is 0.451 e. The van der Waals surface area contributed by atoms with Crippen molar-refractivity contribution in [2.75, 3.05) is 36.8 Å². The van der Waals surface area contributed by atoms with Crippen molar-refractivity contribution in [1.29, 1.82) is 0 Å². The molecule has 0 bridgehead atoms. The molecule has 0 aliphatic heterocycles. The Labute approximate surface area is 166 Å². The van der Waals surface area contributed by atoms with Crippen LogP contribution in [0.4, 0.5) is 17.1 Å². The predicted molar refractivity (Wildman–Crippen MR) is 108 cm³/mol. The Bertz CT molecular complexity index is 865. The van der Waals surface area contributed by atoms with Gasteiger partial charge in [-0.25, -0.2) is 5.73 Å². The quantitative estimate of drug-likeness (QED) is 0.202. The smallest absolute Gasteiger partial charge is 0.409 e. The Balaban J connectivity index is 2.57. The van der Waals surface area contributed by atoms with E-state index in [4.69, 9.17) is 21.9 Å². The van der Waals surface area contributed by atoms with E-state index in [0.29, 0.717) is 6.54 Å². The molecule has 0 fully saturated rings. The first-order chi connectivity index (χ1) is 13.8. The van der Waals surface area contributed by atoms with Gasteiger partial charge in [-0.2, -0.15) is 0 Å². The molecule has 2 aromatic carbocycles. The standard InChI is InChI=1S/C17H23N7O5/c18-6-8-21-13-10-14(22-9-7-19)16(11-15(13)23(25)26)29-17(20,24(27)28)12-4-2-1-3-5-12/h1-5,10-11,21-22H,6-9,18-20H2. The van der Waals surface area contributed by atoms with E-state index in [1.807, 2.05) is 0 Å². The molecule has 0 saturated heterocycles. The molecule has 0 spiro atoms. The van der Waals surface area contributed by atoms with E-state index in [2.05, 4.69) is 10.6 Å². The number of hydrogen-bond donors (Lipinski definition) is 5. The monoisotopic (exact) mass is 405 g/mol. The Morgan fingerprint density at radius 1 is 0.966 bits per heavy atom. The number of hydrogen-bond acceptors (Lipinski definition) is 10. The summed E-state index contributed by atoms with van der Waals surface area (Å²) in [4.78, 5) is 21.8. The fraction of sp³-hybridized carbons (Fsp3) is 0.294. The number of nitrogens with zero attached hydrogens (tertiary/aromatic N) is 2. The average Bonchev–Trinajstić information content (AvgIpc) is 2.71. The highest BCUT2D eigenvalue weighted by Crippen LogP contribution is 2.39. The number of anilines is 2. The lowest BCUT2D eigenvalue weighted by molar-refractivity contribution is -0.626. The highest BCUT2D eigenvalue weighted by atomic mass is 16.7. The summed E-state index contributed by atoms with van der Waals surface area (Å²) in [5.74, 6) is -2.62. The molecule has 1 unspecified atom stereocenters. The molecule has 0 saturated carbocycles. The Morgan fingerprint density at radius 3 is 2.07 bits per heavy atom. The highest BCUT2D eigenvalue weighted by molar-refractivity contribution is 5.74. The molecule has 12 nitrogen and oxygen atoms in total. The van der Waals surface area contributed by atoms with Gasteiger partial charge < -0.3 is 26.8 Å². The van der Waals surface area contributed by atoms with E-state index in [9.17, 15) is 20.2 Å². The van der Waals surface area contributed by atoms with E-state index >= 15 is 0 Å². The van der Waals surface area contributed by atoms with Crippen LogP contribution in [0.5, 0.6) is 5.75 Å². The highest BCUT2D eigenvalue weighted by Gasteiger charge is 2.44. The van der Waals surface area contributed by atoms with Crippen molar-refractivity contribution < 1.29 is 14.6 Å². The van der Waals surface area contributed by atoms with Gasteiger partial charge in [0.1, 0.15) is 5.69 Å². The number of nitrogens with one attached hydrogen (secondary N) is 2. The lowest BCUT2D eigenvalue weighted by atomic mass is 10.1. The molecule has 29 heavy (non-hydrogen) atoms. The maximum absolute atomic E-state index is 11.7. The van der Waals surface area contributed by atoms with E-state index in [-0.39, 0.29) is 48.0 Å². The van der Waals surface area contributed by atoms with Gasteiger partial charge in [0.15, 0.2) is 5.75 Å². The average molecular weight is 405 g/mol. The fourth-order valence-electron chi connectivity index (χ4n) is 2.54. The van der Waals surface area contributed by atoms with Crippen molar-refractivity contribution in [3.63, 3.8) is 0 Å². The van der Waals surface area contributed by atoms with Gasteiger partial charge in [-0.3, -0.25) is 20.2 Å². The molecule has 0 aliphatic rings. The SMILES string of the molecule is NCCNc1cc(NCCN)c([N+](=O)[O-])cc1OC(N)(c1ccccc1)[N+](=O)[O-]. The Hall–Kier alpha value is -3.48. The van der Waals surface area contributed by atoms with Gasteiger partial charge in [-0.05, 0) is 18.2 Å². The normalized spacial score (nSPS) is 12.7. The molecule has 0 heterocycles. The maximum atomic E-state index is 11.7. The van der Waals surface area contributed by atoms with Gasteiger partial charge in [0, 0.05) is 26.2 Å². The summed E-state index contributed by atoms with van der Waals surface area (Å²) in [5.41, 5.74) is 17.1. The summed E-state index contributed by atoms with van der Waals surface area (Å²) in [7, 11) is 0. The van der Waals surface area contributed by atoms with E-state index in [0.717, 1.165) is 6.07 Å². The first-order valence-electron chi connectivity index (χ1n) is 8.71. The zero-order chi connectivity index (χ0) is 21.4. The van der Waals surface area contributed by atoms with Crippen LogP contribution in [0, 0.1) is 20.2 Å². The molecule has 2 aromatic rings.